The van der Waals surface area contributed by atoms with Crippen molar-refractivity contribution in [1.82, 2.24) is 0 Å². The Morgan fingerprint density at radius 1 is 1.43 bits per heavy atom. The second kappa shape index (κ2) is 4.96. The van der Waals surface area contributed by atoms with Crippen molar-refractivity contribution in [3.63, 3.8) is 0 Å². The number of rotatable bonds is 3. The number of carbonyl (C=O) groups is 1. The summed E-state index contributed by atoms with van der Waals surface area (Å²) in [5, 5.41) is 8.65. The van der Waals surface area contributed by atoms with Gasteiger partial charge in [0.05, 0.1) is 0 Å². The minimum atomic E-state index is -0.898. The van der Waals surface area contributed by atoms with E-state index in [1.165, 1.54) is 6.08 Å². The number of halogens is 1. The maximum absolute atomic E-state index is 10.5. The van der Waals surface area contributed by atoms with Gasteiger partial charge < -0.3 is 5.11 Å². The van der Waals surface area contributed by atoms with Crippen molar-refractivity contribution < 1.29 is 9.90 Å². The predicted octanol–water partition coefficient (Wildman–Crippen LogP) is 3.33. The van der Waals surface area contributed by atoms with Gasteiger partial charge in [0.1, 0.15) is 0 Å². The van der Waals surface area contributed by atoms with Gasteiger partial charge in [-0.1, -0.05) is 35.0 Å². The van der Waals surface area contributed by atoms with E-state index in [9.17, 15) is 4.79 Å². The van der Waals surface area contributed by atoms with Crippen molar-refractivity contribution >= 4 is 27.5 Å². The molecule has 0 aromatic heterocycles. The maximum Gasteiger partial charge on any atom is 0.328 e. The molecule has 0 aliphatic rings. The van der Waals surface area contributed by atoms with Crippen LogP contribution in [-0.2, 0) is 4.79 Å². The molecule has 1 rings (SSSR count). The summed E-state index contributed by atoms with van der Waals surface area (Å²) in [7, 11) is 0. The van der Waals surface area contributed by atoms with Gasteiger partial charge in [0.25, 0.3) is 0 Å². The molecule has 1 aromatic rings. The summed E-state index contributed by atoms with van der Waals surface area (Å²) in [6.07, 6.45) is 1.97. The molecule has 0 aliphatic heterocycles. The molecule has 0 saturated carbocycles. The number of aliphatic carboxylic acids is 1. The quantitative estimate of drug-likeness (QED) is 0.841. The van der Waals surface area contributed by atoms with Crippen LogP contribution in [0.15, 0.2) is 34.8 Å². The average Bonchev–Trinajstić information content (AvgIpc) is 2.15. The van der Waals surface area contributed by atoms with Gasteiger partial charge >= 0.3 is 5.97 Å². The standard InChI is InChI=1S/C11H11BrO2/c1-2-8(7-11(13)14)9-3-5-10(12)6-4-9/h3-7H,2H2,1H3,(H,13,14). The molecule has 2 nitrogen and oxygen atoms in total. The molecule has 1 aromatic carbocycles. The van der Waals surface area contributed by atoms with E-state index in [1.54, 1.807) is 0 Å². The third-order valence-corrected chi connectivity index (χ3v) is 2.42. The first-order valence-corrected chi connectivity index (χ1v) is 5.12. The highest BCUT2D eigenvalue weighted by atomic mass is 79.9. The molecule has 0 unspecified atom stereocenters. The number of hydrogen-bond acceptors (Lipinski definition) is 1. The van der Waals surface area contributed by atoms with E-state index < -0.39 is 5.97 Å². The first-order valence-electron chi connectivity index (χ1n) is 4.33. The zero-order valence-electron chi connectivity index (χ0n) is 7.83. The Labute approximate surface area is 91.4 Å². The Kier molecular flexibility index (Phi) is 3.89. The molecule has 3 heteroatoms. The molecule has 0 heterocycles. The minimum absolute atomic E-state index is 0.716. The van der Waals surface area contributed by atoms with Crippen LogP contribution < -0.4 is 0 Å². The van der Waals surface area contributed by atoms with Crippen molar-refractivity contribution in [2.24, 2.45) is 0 Å². The number of carboxylic acid groups (broad SMARTS) is 1. The van der Waals surface area contributed by atoms with Crippen LogP contribution in [0.2, 0.25) is 0 Å². The summed E-state index contributed by atoms with van der Waals surface area (Å²) in [4.78, 5) is 10.5. The lowest BCUT2D eigenvalue weighted by molar-refractivity contribution is -0.131. The largest absolute Gasteiger partial charge is 0.478 e. The third kappa shape index (κ3) is 3.00. The minimum Gasteiger partial charge on any atom is -0.478 e. The lowest BCUT2D eigenvalue weighted by Gasteiger charge is -2.03. The molecule has 1 N–H and O–H groups in total. The van der Waals surface area contributed by atoms with E-state index in [1.807, 2.05) is 31.2 Å². The zero-order valence-corrected chi connectivity index (χ0v) is 9.41. The van der Waals surface area contributed by atoms with Crippen LogP contribution in [0.4, 0.5) is 0 Å². The lowest BCUT2D eigenvalue weighted by Crippen LogP contribution is -1.91. The Hall–Kier alpha value is -1.09. The Morgan fingerprint density at radius 3 is 2.43 bits per heavy atom. The van der Waals surface area contributed by atoms with Crippen molar-refractivity contribution in [1.29, 1.82) is 0 Å². The summed E-state index contributed by atoms with van der Waals surface area (Å²) < 4.78 is 0.993. The van der Waals surface area contributed by atoms with E-state index in [4.69, 9.17) is 5.11 Å². The van der Waals surface area contributed by atoms with E-state index in [0.29, 0.717) is 6.42 Å². The van der Waals surface area contributed by atoms with Gasteiger partial charge in [-0.15, -0.1) is 0 Å². The lowest BCUT2D eigenvalue weighted by atomic mass is 10.0. The van der Waals surface area contributed by atoms with Gasteiger partial charge in [0, 0.05) is 10.5 Å². The second-order valence-electron chi connectivity index (χ2n) is 2.87. The Balaban J connectivity index is 3.01. The molecule has 0 saturated heterocycles. The molecule has 0 radical (unpaired) electrons. The van der Waals surface area contributed by atoms with Crippen LogP contribution in [0.1, 0.15) is 18.9 Å². The maximum atomic E-state index is 10.5. The molecular weight excluding hydrogens is 244 g/mol. The monoisotopic (exact) mass is 254 g/mol. The van der Waals surface area contributed by atoms with Gasteiger partial charge in [-0.05, 0) is 29.7 Å². The fraction of sp³-hybridized carbons (Fsp3) is 0.182. The van der Waals surface area contributed by atoms with Crippen molar-refractivity contribution in [3.05, 3.63) is 40.4 Å². The predicted molar refractivity (Wildman–Crippen MR) is 60.0 cm³/mol. The van der Waals surface area contributed by atoms with Crippen LogP contribution in [0.5, 0.6) is 0 Å². The fourth-order valence-corrected chi connectivity index (χ4v) is 1.47. The fourth-order valence-electron chi connectivity index (χ4n) is 1.20. The van der Waals surface area contributed by atoms with Gasteiger partial charge in [-0.3, -0.25) is 0 Å². The van der Waals surface area contributed by atoms with E-state index in [2.05, 4.69) is 15.9 Å². The first kappa shape index (κ1) is 11.0. The smallest absolute Gasteiger partial charge is 0.328 e. The van der Waals surface area contributed by atoms with Gasteiger partial charge in [0.2, 0.25) is 0 Å². The molecule has 0 bridgehead atoms. The summed E-state index contributed by atoms with van der Waals surface area (Å²) in [5.74, 6) is -0.898. The molecule has 0 atom stereocenters. The highest BCUT2D eigenvalue weighted by Crippen LogP contribution is 2.20. The molecule has 0 spiro atoms. The third-order valence-electron chi connectivity index (χ3n) is 1.89. The Morgan fingerprint density at radius 2 is 2.00 bits per heavy atom. The van der Waals surface area contributed by atoms with Gasteiger partial charge in [-0.2, -0.15) is 0 Å². The number of hydrogen-bond donors (Lipinski definition) is 1. The second-order valence-corrected chi connectivity index (χ2v) is 3.78. The Bertz CT molecular complexity index is 352. The number of allylic oxidation sites excluding steroid dienone is 1. The van der Waals surface area contributed by atoms with Crippen molar-refractivity contribution in [2.45, 2.75) is 13.3 Å². The molecule has 74 valence electrons. The SMILES string of the molecule is CCC(=CC(=O)O)c1ccc(Br)cc1. The van der Waals surface area contributed by atoms with Gasteiger partial charge in [0.15, 0.2) is 0 Å². The highest BCUT2D eigenvalue weighted by molar-refractivity contribution is 9.10. The molecule has 0 amide bonds. The number of benzene rings is 1. The molecule has 0 aliphatic carbocycles. The van der Waals surface area contributed by atoms with Crippen LogP contribution >= 0.6 is 15.9 Å². The highest BCUT2D eigenvalue weighted by Gasteiger charge is 2.01. The molecular formula is C11H11BrO2. The van der Waals surface area contributed by atoms with Crippen LogP contribution in [0.3, 0.4) is 0 Å². The summed E-state index contributed by atoms with van der Waals surface area (Å²) in [6.45, 7) is 1.94. The van der Waals surface area contributed by atoms with Crippen LogP contribution in [-0.4, -0.2) is 11.1 Å². The number of carboxylic acids is 1. The first-order chi connectivity index (χ1) is 6.63. The van der Waals surface area contributed by atoms with Crippen molar-refractivity contribution in [2.75, 3.05) is 0 Å². The summed E-state index contributed by atoms with van der Waals surface area (Å²) >= 11 is 3.33. The van der Waals surface area contributed by atoms with E-state index in [-0.39, 0.29) is 0 Å². The van der Waals surface area contributed by atoms with Crippen LogP contribution in [0.25, 0.3) is 5.57 Å². The van der Waals surface area contributed by atoms with Crippen molar-refractivity contribution in [3.8, 4) is 0 Å². The summed E-state index contributed by atoms with van der Waals surface area (Å²) in [6, 6.07) is 7.62. The van der Waals surface area contributed by atoms with E-state index >= 15 is 0 Å². The van der Waals surface area contributed by atoms with Crippen LogP contribution in [0, 0.1) is 0 Å². The topological polar surface area (TPSA) is 37.3 Å². The zero-order chi connectivity index (χ0) is 10.6. The summed E-state index contributed by atoms with van der Waals surface area (Å²) in [5.41, 5.74) is 1.79. The van der Waals surface area contributed by atoms with E-state index in [0.717, 1.165) is 15.6 Å². The van der Waals surface area contributed by atoms with Gasteiger partial charge in [-0.25, -0.2) is 4.79 Å². The molecule has 0 fully saturated rings. The normalized spacial score (nSPS) is 11.4. The average molecular weight is 255 g/mol. The molecule has 14 heavy (non-hydrogen) atoms.